The lowest BCUT2D eigenvalue weighted by molar-refractivity contribution is -0.124. The molecule has 1 atom stereocenters. The molecule has 3 rings (SSSR count). The fraction of sp³-hybridized carbons (Fsp3) is 0.500. The fourth-order valence-electron chi connectivity index (χ4n) is 2.86. The van der Waals surface area contributed by atoms with Gasteiger partial charge in [-0.1, -0.05) is 0 Å². The van der Waals surface area contributed by atoms with E-state index in [1.54, 1.807) is 0 Å². The number of carbonyl (C=O) groups excluding carboxylic acids is 2. The molecule has 0 radical (unpaired) electrons. The zero-order chi connectivity index (χ0) is 18.0. The van der Waals surface area contributed by atoms with Gasteiger partial charge in [-0.15, -0.1) is 0 Å². The summed E-state index contributed by atoms with van der Waals surface area (Å²) < 4.78 is 50.6. The Bertz CT molecular complexity index is 788. The standard InChI is InChI=1S/C16H18FNO6S/c17-13-5-4-11(25(21,22)18-6-8-23-9-7-18)10-12(13)16(20)24-15-3-1-2-14(15)19/h4-5,10,15H,1-3,6-9H2/t15-/m1/s1. The van der Waals surface area contributed by atoms with Crippen LogP contribution in [-0.2, 0) is 24.3 Å². The van der Waals surface area contributed by atoms with Gasteiger partial charge < -0.3 is 9.47 Å². The van der Waals surface area contributed by atoms with E-state index in [4.69, 9.17) is 9.47 Å². The molecular formula is C16H18FNO6S. The van der Waals surface area contributed by atoms with Crippen LogP contribution in [0.15, 0.2) is 23.1 Å². The van der Waals surface area contributed by atoms with Crippen LogP contribution in [0.4, 0.5) is 4.39 Å². The van der Waals surface area contributed by atoms with Crippen molar-refractivity contribution in [3.63, 3.8) is 0 Å². The summed E-state index contributed by atoms with van der Waals surface area (Å²) in [5.41, 5.74) is -0.492. The van der Waals surface area contributed by atoms with Gasteiger partial charge in [-0.2, -0.15) is 4.31 Å². The van der Waals surface area contributed by atoms with Crippen LogP contribution in [0.1, 0.15) is 29.6 Å². The van der Waals surface area contributed by atoms with E-state index in [2.05, 4.69) is 0 Å². The Morgan fingerprint density at radius 2 is 2.00 bits per heavy atom. The second-order valence-corrected chi connectivity index (χ2v) is 7.85. The second-order valence-electron chi connectivity index (χ2n) is 5.91. The van der Waals surface area contributed by atoms with Gasteiger partial charge in [0.1, 0.15) is 5.82 Å². The van der Waals surface area contributed by atoms with Crippen LogP contribution in [0.5, 0.6) is 0 Å². The number of sulfonamides is 1. The molecule has 0 N–H and O–H groups in total. The molecule has 25 heavy (non-hydrogen) atoms. The van der Waals surface area contributed by atoms with Crippen molar-refractivity contribution in [3.8, 4) is 0 Å². The maximum Gasteiger partial charge on any atom is 0.341 e. The Morgan fingerprint density at radius 1 is 1.28 bits per heavy atom. The molecule has 136 valence electrons. The van der Waals surface area contributed by atoms with E-state index >= 15 is 0 Å². The van der Waals surface area contributed by atoms with Crippen LogP contribution in [0.2, 0.25) is 0 Å². The summed E-state index contributed by atoms with van der Waals surface area (Å²) in [6.45, 7) is 0.935. The van der Waals surface area contributed by atoms with Gasteiger partial charge in [0.2, 0.25) is 10.0 Å². The summed E-state index contributed by atoms with van der Waals surface area (Å²) in [4.78, 5) is 23.6. The predicted molar refractivity (Wildman–Crippen MR) is 84.0 cm³/mol. The summed E-state index contributed by atoms with van der Waals surface area (Å²) in [5, 5.41) is 0. The molecule has 1 aliphatic carbocycles. The van der Waals surface area contributed by atoms with Crippen molar-refractivity contribution in [2.24, 2.45) is 0 Å². The third kappa shape index (κ3) is 3.73. The van der Waals surface area contributed by atoms with Gasteiger partial charge in [-0.3, -0.25) is 4.79 Å². The molecule has 1 aromatic rings. The van der Waals surface area contributed by atoms with Gasteiger partial charge in [-0.25, -0.2) is 17.6 Å². The van der Waals surface area contributed by atoms with E-state index in [0.29, 0.717) is 19.3 Å². The minimum Gasteiger partial charge on any atom is -0.451 e. The van der Waals surface area contributed by atoms with Crippen LogP contribution in [0, 0.1) is 5.82 Å². The first kappa shape index (κ1) is 18.0. The smallest absolute Gasteiger partial charge is 0.341 e. The molecule has 1 saturated carbocycles. The first-order chi connectivity index (χ1) is 11.9. The highest BCUT2D eigenvalue weighted by atomic mass is 32.2. The molecule has 0 spiro atoms. The molecule has 2 aliphatic rings. The Labute approximate surface area is 144 Å². The number of Topliss-reactive ketones (excluding diaryl/α,β-unsaturated/α-hetero) is 1. The number of ether oxygens (including phenoxy) is 2. The van der Waals surface area contributed by atoms with Crippen LogP contribution >= 0.6 is 0 Å². The molecule has 1 aliphatic heterocycles. The molecule has 2 fully saturated rings. The van der Waals surface area contributed by atoms with Crippen molar-refractivity contribution >= 4 is 21.8 Å². The number of benzene rings is 1. The third-order valence-corrected chi connectivity index (χ3v) is 6.16. The predicted octanol–water partition coefficient (Wildman–Crippen LogP) is 1.12. The lowest BCUT2D eigenvalue weighted by Crippen LogP contribution is -2.40. The maximum absolute atomic E-state index is 14.0. The van der Waals surface area contributed by atoms with Crippen molar-refractivity contribution in [1.29, 1.82) is 0 Å². The van der Waals surface area contributed by atoms with Crippen LogP contribution < -0.4 is 0 Å². The molecule has 0 amide bonds. The number of hydrogen-bond acceptors (Lipinski definition) is 6. The van der Waals surface area contributed by atoms with E-state index in [-0.39, 0.29) is 37.0 Å². The molecule has 0 unspecified atom stereocenters. The largest absolute Gasteiger partial charge is 0.451 e. The van der Waals surface area contributed by atoms with Gasteiger partial charge in [-0.05, 0) is 31.0 Å². The average molecular weight is 371 g/mol. The zero-order valence-corrected chi connectivity index (χ0v) is 14.3. The number of carbonyl (C=O) groups is 2. The van der Waals surface area contributed by atoms with Crippen LogP contribution in [0.25, 0.3) is 0 Å². The number of ketones is 1. The second kappa shape index (κ2) is 7.19. The minimum atomic E-state index is -3.86. The Kier molecular flexibility index (Phi) is 5.16. The first-order valence-electron chi connectivity index (χ1n) is 8.01. The summed E-state index contributed by atoms with van der Waals surface area (Å²) in [6, 6.07) is 2.99. The lowest BCUT2D eigenvalue weighted by atomic mass is 10.2. The zero-order valence-electron chi connectivity index (χ0n) is 13.4. The minimum absolute atomic E-state index is 0.191. The van der Waals surface area contributed by atoms with Crippen molar-refractivity contribution < 1.29 is 31.9 Å². The number of morpholine rings is 1. The summed E-state index contributed by atoms with van der Waals surface area (Å²) in [5.74, 6) is -2.13. The molecule has 1 saturated heterocycles. The van der Waals surface area contributed by atoms with Gasteiger partial charge in [0.15, 0.2) is 11.9 Å². The van der Waals surface area contributed by atoms with E-state index in [9.17, 15) is 22.4 Å². The number of halogens is 1. The van der Waals surface area contributed by atoms with Gasteiger partial charge in [0, 0.05) is 19.5 Å². The van der Waals surface area contributed by atoms with E-state index in [1.807, 2.05) is 0 Å². The molecule has 9 heteroatoms. The van der Waals surface area contributed by atoms with Gasteiger partial charge in [0.05, 0.1) is 23.7 Å². The van der Waals surface area contributed by atoms with E-state index in [1.165, 1.54) is 4.31 Å². The number of hydrogen-bond donors (Lipinski definition) is 0. The van der Waals surface area contributed by atoms with Crippen LogP contribution in [0.3, 0.4) is 0 Å². The van der Waals surface area contributed by atoms with Gasteiger partial charge in [0.25, 0.3) is 0 Å². The first-order valence-corrected chi connectivity index (χ1v) is 9.45. The van der Waals surface area contributed by atoms with Crippen molar-refractivity contribution in [2.45, 2.75) is 30.3 Å². The molecule has 7 nitrogen and oxygen atoms in total. The molecule has 0 bridgehead atoms. The average Bonchev–Trinajstić information content (AvgIpc) is 3.00. The normalized spacial score (nSPS) is 22.1. The number of esters is 1. The molecule has 1 heterocycles. The topological polar surface area (TPSA) is 90.0 Å². The Balaban J connectivity index is 1.84. The SMILES string of the molecule is O=C(O[C@@H]1CCCC1=O)c1cc(S(=O)(=O)N2CCOCC2)ccc1F. The quantitative estimate of drug-likeness (QED) is 0.737. The Hall–Kier alpha value is -1.84. The highest BCUT2D eigenvalue weighted by molar-refractivity contribution is 7.89. The fourth-order valence-corrected chi connectivity index (χ4v) is 4.29. The number of nitrogens with zero attached hydrogens (tertiary/aromatic N) is 1. The summed E-state index contributed by atoms with van der Waals surface area (Å²) in [7, 11) is -3.86. The highest BCUT2D eigenvalue weighted by Crippen LogP contribution is 2.23. The maximum atomic E-state index is 14.0. The molecule has 1 aromatic carbocycles. The van der Waals surface area contributed by atoms with Crippen molar-refractivity contribution in [1.82, 2.24) is 4.31 Å². The monoisotopic (exact) mass is 371 g/mol. The molecule has 0 aromatic heterocycles. The van der Waals surface area contributed by atoms with Crippen molar-refractivity contribution in [3.05, 3.63) is 29.6 Å². The van der Waals surface area contributed by atoms with Crippen LogP contribution in [-0.4, -0.2) is 56.9 Å². The van der Waals surface area contributed by atoms with Gasteiger partial charge >= 0.3 is 5.97 Å². The lowest BCUT2D eigenvalue weighted by Gasteiger charge is -2.26. The van der Waals surface area contributed by atoms with E-state index < -0.39 is 33.5 Å². The number of rotatable bonds is 4. The highest BCUT2D eigenvalue weighted by Gasteiger charge is 2.31. The van der Waals surface area contributed by atoms with E-state index in [0.717, 1.165) is 18.2 Å². The third-order valence-electron chi connectivity index (χ3n) is 4.26. The van der Waals surface area contributed by atoms with Crippen molar-refractivity contribution in [2.75, 3.05) is 26.3 Å². The molecular weight excluding hydrogens is 353 g/mol. The summed E-state index contributed by atoms with van der Waals surface area (Å²) in [6.07, 6.45) is 0.459. The Morgan fingerprint density at radius 3 is 2.64 bits per heavy atom. The summed E-state index contributed by atoms with van der Waals surface area (Å²) >= 11 is 0.